The van der Waals surface area contributed by atoms with Gasteiger partial charge in [-0.2, -0.15) is 0 Å². The lowest BCUT2D eigenvalue weighted by molar-refractivity contribution is 0.341. The quantitative estimate of drug-likeness (QED) is 0.713. The maximum atomic E-state index is 11.8. The van der Waals surface area contributed by atoms with Crippen molar-refractivity contribution in [1.29, 1.82) is 0 Å². The smallest absolute Gasteiger partial charge is 0.215 e. The SMILES string of the molecule is CCCC(C)NS(=O)(=O)CCOc1ccccc1N. The summed E-state index contributed by atoms with van der Waals surface area (Å²) < 4.78 is 31.5. The van der Waals surface area contributed by atoms with E-state index >= 15 is 0 Å². The van der Waals surface area contributed by atoms with Crippen LogP contribution in [0.3, 0.4) is 0 Å². The molecule has 0 saturated carbocycles. The lowest BCUT2D eigenvalue weighted by atomic mass is 10.2. The number of nitrogens with one attached hydrogen (secondary N) is 1. The summed E-state index contributed by atoms with van der Waals surface area (Å²) >= 11 is 0. The third kappa shape index (κ3) is 5.94. The van der Waals surface area contributed by atoms with Crippen LogP contribution in [0, 0.1) is 0 Å². The van der Waals surface area contributed by atoms with Crippen molar-refractivity contribution in [3.63, 3.8) is 0 Å². The Morgan fingerprint density at radius 2 is 2.05 bits per heavy atom. The molecule has 1 rings (SSSR count). The molecule has 19 heavy (non-hydrogen) atoms. The van der Waals surface area contributed by atoms with Crippen LogP contribution >= 0.6 is 0 Å². The van der Waals surface area contributed by atoms with Gasteiger partial charge in [-0.05, 0) is 25.5 Å². The molecule has 0 fully saturated rings. The van der Waals surface area contributed by atoms with Gasteiger partial charge in [0.25, 0.3) is 0 Å². The van der Waals surface area contributed by atoms with E-state index in [2.05, 4.69) is 4.72 Å². The standard InChI is InChI=1S/C13H22N2O3S/c1-3-6-11(2)15-19(16,17)10-9-18-13-8-5-4-7-12(13)14/h4-5,7-8,11,15H,3,6,9-10,14H2,1-2H3. The van der Waals surface area contributed by atoms with Gasteiger partial charge >= 0.3 is 0 Å². The number of hydrogen-bond acceptors (Lipinski definition) is 4. The molecular weight excluding hydrogens is 264 g/mol. The molecule has 0 heterocycles. The van der Waals surface area contributed by atoms with E-state index < -0.39 is 10.0 Å². The molecule has 3 N–H and O–H groups in total. The summed E-state index contributed by atoms with van der Waals surface area (Å²) in [5, 5.41) is 0. The number of para-hydroxylation sites is 2. The highest BCUT2D eigenvalue weighted by Gasteiger charge is 2.14. The maximum Gasteiger partial charge on any atom is 0.215 e. The van der Waals surface area contributed by atoms with E-state index in [9.17, 15) is 8.42 Å². The zero-order chi connectivity index (χ0) is 14.3. The fraction of sp³-hybridized carbons (Fsp3) is 0.538. The van der Waals surface area contributed by atoms with Crippen molar-refractivity contribution in [2.24, 2.45) is 0 Å². The van der Waals surface area contributed by atoms with Crippen molar-refractivity contribution in [3.05, 3.63) is 24.3 Å². The van der Waals surface area contributed by atoms with Crippen LogP contribution in [0.15, 0.2) is 24.3 Å². The summed E-state index contributed by atoms with van der Waals surface area (Å²) in [6, 6.07) is 6.98. The molecule has 6 heteroatoms. The van der Waals surface area contributed by atoms with Crippen LogP contribution in [0.4, 0.5) is 5.69 Å². The number of hydrogen-bond donors (Lipinski definition) is 2. The Hall–Kier alpha value is -1.27. The first-order valence-electron chi connectivity index (χ1n) is 6.42. The van der Waals surface area contributed by atoms with Crippen LogP contribution in [0.2, 0.25) is 0 Å². The molecule has 0 radical (unpaired) electrons. The number of nitrogens with two attached hydrogens (primary N) is 1. The Balaban J connectivity index is 2.42. The van der Waals surface area contributed by atoms with Crippen molar-refractivity contribution in [2.45, 2.75) is 32.7 Å². The van der Waals surface area contributed by atoms with Gasteiger partial charge in [0.15, 0.2) is 0 Å². The molecule has 0 aromatic heterocycles. The van der Waals surface area contributed by atoms with E-state index in [0.29, 0.717) is 11.4 Å². The minimum atomic E-state index is -3.30. The Bertz CT molecular complexity index is 488. The van der Waals surface area contributed by atoms with Gasteiger partial charge < -0.3 is 10.5 Å². The number of rotatable bonds is 8. The van der Waals surface area contributed by atoms with E-state index in [0.717, 1.165) is 12.8 Å². The summed E-state index contributed by atoms with van der Waals surface area (Å²) in [6.45, 7) is 3.96. The van der Waals surface area contributed by atoms with Crippen molar-refractivity contribution >= 4 is 15.7 Å². The lowest BCUT2D eigenvalue weighted by Gasteiger charge is -2.14. The monoisotopic (exact) mass is 286 g/mol. The fourth-order valence-electron chi connectivity index (χ4n) is 1.73. The summed E-state index contributed by atoms with van der Waals surface area (Å²) in [4.78, 5) is 0. The van der Waals surface area contributed by atoms with Crippen LogP contribution in [0.25, 0.3) is 0 Å². The maximum absolute atomic E-state index is 11.8. The summed E-state index contributed by atoms with van der Waals surface area (Å²) in [6.07, 6.45) is 1.77. The van der Waals surface area contributed by atoms with E-state index in [-0.39, 0.29) is 18.4 Å². The van der Waals surface area contributed by atoms with Gasteiger partial charge in [-0.15, -0.1) is 0 Å². The number of benzene rings is 1. The third-order valence-electron chi connectivity index (χ3n) is 2.63. The highest BCUT2D eigenvalue weighted by molar-refractivity contribution is 7.89. The number of ether oxygens (including phenoxy) is 1. The minimum absolute atomic E-state index is 0.0446. The molecule has 0 aliphatic heterocycles. The van der Waals surface area contributed by atoms with Crippen LogP contribution in [-0.2, 0) is 10.0 Å². The van der Waals surface area contributed by atoms with E-state index in [1.54, 1.807) is 24.3 Å². The summed E-state index contributed by atoms with van der Waals surface area (Å²) in [7, 11) is -3.30. The third-order valence-corrected chi connectivity index (χ3v) is 4.10. The summed E-state index contributed by atoms with van der Waals surface area (Å²) in [5.41, 5.74) is 6.21. The van der Waals surface area contributed by atoms with Crippen LogP contribution in [-0.4, -0.2) is 26.8 Å². The van der Waals surface area contributed by atoms with Gasteiger partial charge in [-0.3, -0.25) is 0 Å². The highest BCUT2D eigenvalue weighted by Crippen LogP contribution is 2.19. The first kappa shape index (κ1) is 15.8. The average Bonchev–Trinajstić information content (AvgIpc) is 2.31. The fourth-order valence-corrected chi connectivity index (χ4v) is 2.88. The van der Waals surface area contributed by atoms with Crippen molar-refractivity contribution in [3.8, 4) is 5.75 Å². The largest absolute Gasteiger partial charge is 0.490 e. The van der Waals surface area contributed by atoms with Gasteiger partial charge in [0.1, 0.15) is 12.4 Å². The highest BCUT2D eigenvalue weighted by atomic mass is 32.2. The Morgan fingerprint density at radius 3 is 2.68 bits per heavy atom. The predicted molar refractivity (Wildman–Crippen MR) is 77.6 cm³/mol. The number of sulfonamides is 1. The Labute approximate surface area is 115 Å². The number of nitrogen functional groups attached to an aromatic ring is 1. The molecule has 1 aromatic rings. The van der Waals surface area contributed by atoms with Gasteiger partial charge in [0.05, 0.1) is 11.4 Å². The van der Waals surface area contributed by atoms with Gasteiger partial charge in [0.2, 0.25) is 10.0 Å². The zero-order valence-corrected chi connectivity index (χ0v) is 12.2. The second-order valence-corrected chi connectivity index (χ2v) is 6.39. The first-order chi connectivity index (χ1) is 8.94. The molecule has 0 saturated heterocycles. The molecule has 0 aliphatic carbocycles. The zero-order valence-electron chi connectivity index (χ0n) is 11.4. The predicted octanol–water partition coefficient (Wildman–Crippen LogP) is 1.76. The first-order valence-corrected chi connectivity index (χ1v) is 8.07. The van der Waals surface area contributed by atoms with Crippen LogP contribution < -0.4 is 15.2 Å². The molecule has 0 amide bonds. The van der Waals surface area contributed by atoms with Gasteiger partial charge in [-0.25, -0.2) is 13.1 Å². The summed E-state index contributed by atoms with van der Waals surface area (Å²) in [5.74, 6) is 0.439. The Morgan fingerprint density at radius 1 is 1.37 bits per heavy atom. The van der Waals surface area contributed by atoms with Crippen molar-refractivity contribution in [1.82, 2.24) is 4.72 Å². The molecule has 1 atom stereocenters. The molecule has 1 unspecified atom stereocenters. The van der Waals surface area contributed by atoms with Crippen LogP contribution in [0.1, 0.15) is 26.7 Å². The second kappa shape index (κ2) is 7.35. The van der Waals surface area contributed by atoms with Crippen molar-refractivity contribution in [2.75, 3.05) is 18.1 Å². The number of anilines is 1. The minimum Gasteiger partial charge on any atom is -0.490 e. The molecule has 1 aromatic carbocycles. The molecule has 0 bridgehead atoms. The molecule has 108 valence electrons. The Kier molecular flexibility index (Phi) is 6.11. The van der Waals surface area contributed by atoms with E-state index in [1.807, 2.05) is 13.8 Å². The van der Waals surface area contributed by atoms with E-state index in [1.165, 1.54) is 0 Å². The topological polar surface area (TPSA) is 81.4 Å². The molecular formula is C13H22N2O3S. The van der Waals surface area contributed by atoms with Crippen molar-refractivity contribution < 1.29 is 13.2 Å². The molecule has 5 nitrogen and oxygen atoms in total. The van der Waals surface area contributed by atoms with Crippen LogP contribution in [0.5, 0.6) is 5.75 Å². The van der Waals surface area contributed by atoms with Gasteiger partial charge in [-0.1, -0.05) is 25.5 Å². The normalized spacial score (nSPS) is 13.2. The average molecular weight is 286 g/mol. The van der Waals surface area contributed by atoms with Gasteiger partial charge in [0, 0.05) is 6.04 Å². The lowest BCUT2D eigenvalue weighted by Crippen LogP contribution is -2.35. The molecule has 0 aliphatic rings. The van der Waals surface area contributed by atoms with E-state index in [4.69, 9.17) is 10.5 Å². The molecule has 0 spiro atoms. The second-order valence-electron chi connectivity index (χ2n) is 4.51.